The maximum Gasteiger partial charge on any atom is 0.416 e. The van der Waals surface area contributed by atoms with Gasteiger partial charge in [-0.15, -0.1) is 0 Å². The van der Waals surface area contributed by atoms with Crippen LogP contribution in [0.1, 0.15) is 21.6 Å². The number of aromatic nitrogens is 1. The van der Waals surface area contributed by atoms with E-state index >= 15 is 0 Å². The Bertz CT molecular complexity index is 1600. The Morgan fingerprint density at radius 2 is 1.73 bits per heavy atom. The first-order chi connectivity index (χ1) is 17.5. The summed E-state index contributed by atoms with van der Waals surface area (Å²) in [5.41, 5.74) is 5.45. The molecule has 0 saturated heterocycles. The van der Waals surface area contributed by atoms with Gasteiger partial charge in [0.2, 0.25) is 0 Å². The number of benzene rings is 3. The number of amides is 1. The Morgan fingerprint density at radius 1 is 1.00 bits per heavy atom. The van der Waals surface area contributed by atoms with Gasteiger partial charge in [0.05, 0.1) is 16.2 Å². The topological polar surface area (TPSA) is 127 Å². The van der Waals surface area contributed by atoms with Crippen molar-refractivity contribution in [3.05, 3.63) is 95.7 Å². The lowest BCUT2D eigenvalue weighted by molar-refractivity contribution is -0.137. The largest absolute Gasteiger partial charge is 0.416 e. The van der Waals surface area contributed by atoms with Crippen molar-refractivity contribution in [3.63, 3.8) is 0 Å². The molecule has 12 heteroatoms. The molecule has 3 aromatic carbocycles. The second-order valence-electron chi connectivity index (χ2n) is 8.10. The van der Waals surface area contributed by atoms with E-state index in [1.165, 1.54) is 41.0 Å². The molecule has 0 bridgehead atoms. The van der Waals surface area contributed by atoms with Crippen molar-refractivity contribution in [2.24, 2.45) is 10.9 Å². The number of carbonyl (C=O) groups excluding carboxylic acids is 1. The number of carbonyl (C=O) groups is 1. The quantitative estimate of drug-likeness (QED) is 0.141. The number of hydrogen-bond donors (Lipinski definition) is 3. The average molecular weight is 531 g/mol. The zero-order valence-corrected chi connectivity index (χ0v) is 19.9. The number of aryl methyl sites for hydroxylation is 1. The van der Waals surface area contributed by atoms with Gasteiger partial charge < -0.3 is 20.8 Å². The van der Waals surface area contributed by atoms with Crippen molar-refractivity contribution in [1.29, 1.82) is 0 Å². The van der Waals surface area contributed by atoms with Gasteiger partial charge in [-0.2, -0.15) is 13.2 Å². The van der Waals surface area contributed by atoms with Gasteiger partial charge in [-0.1, -0.05) is 41.6 Å². The highest BCUT2D eigenvalue weighted by molar-refractivity contribution is 7.91. The number of amidine groups is 1. The molecule has 4 N–H and O–H groups in total. The van der Waals surface area contributed by atoms with Gasteiger partial charge in [0.25, 0.3) is 5.91 Å². The van der Waals surface area contributed by atoms with Gasteiger partial charge in [0.1, 0.15) is 5.69 Å². The van der Waals surface area contributed by atoms with Gasteiger partial charge in [0, 0.05) is 28.7 Å². The fraction of sp³-hybridized carbons (Fsp3) is 0.120. The summed E-state index contributed by atoms with van der Waals surface area (Å²) >= 11 is 0. The number of fused-ring (bicyclic) bond motifs is 1. The summed E-state index contributed by atoms with van der Waals surface area (Å²) in [7, 11) is -3.73. The van der Waals surface area contributed by atoms with Crippen LogP contribution in [0, 0.1) is 0 Å². The van der Waals surface area contributed by atoms with Crippen molar-refractivity contribution in [2.45, 2.75) is 17.6 Å². The first-order valence-corrected chi connectivity index (χ1v) is 12.5. The SMILES string of the molecule is NC(=NO)c1ccc2cc(C(=O)Nc3cccc(C(F)(F)F)c3)n(CCS(=O)(=O)c3ccccc3)c2c1. The van der Waals surface area contributed by atoms with Crippen LogP contribution in [0.5, 0.6) is 0 Å². The third-order valence-electron chi connectivity index (χ3n) is 5.67. The minimum absolute atomic E-state index is 0.0207. The number of halogens is 3. The van der Waals surface area contributed by atoms with Crippen molar-refractivity contribution in [3.8, 4) is 0 Å². The summed E-state index contributed by atoms with van der Waals surface area (Å²) < 4.78 is 66.5. The van der Waals surface area contributed by atoms with E-state index in [-0.39, 0.29) is 34.4 Å². The number of nitrogens with zero attached hydrogens (tertiary/aromatic N) is 2. The van der Waals surface area contributed by atoms with Gasteiger partial charge in [0.15, 0.2) is 15.7 Å². The number of oxime groups is 1. The summed E-state index contributed by atoms with van der Waals surface area (Å²) in [6.07, 6.45) is -4.59. The lowest BCUT2D eigenvalue weighted by atomic mass is 10.1. The molecule has 0 aliphatic heterocycles. The molecule has 0 saturated carbocycles. The van der Waals surface area contributed by atoms with Gasteiger partial charge in [-0.25, -0.2) is 8.42 Å². The Balaban J connectivity index is 1.74. The molecule has 0 aliphatic rings. The molecule has 0 atom stereocenters. The summed E-state index contributed by atoms with van der Waals surface area (Å²) in [6, 6.07) is 18.1. The molecular formula is C25H21F3N4O4S. The van der Waals surface area contributed by atoms with Crippen LogP contribution in [0.25, 0.3) is 10.9 Å². The molecule has 0 spiro atoms. The number of nitrogens with one attached hydrogen (secondary N) is 1. The number of sulfone groups is 1. The first kappa shape index (κ1) is 25.8. The van der Waals surface area contributed by atoms with Crippen LogP contribution >= 0.6 is 0 Å². The highest BCUT2D eigenvalue weighted by Crippen LogP contribution is 2.31. The Labute approximate surface area is 209 Å². The lowest BCUT2D eigenvalue weighted by Gasteiger charge is -2.13. The number of nitrogens with two attached hydrogens (primary N) is 1. The zero-order chi connectivity index (χ0) is 26.8. The molecule has 0 unspecified atom stereocenters. The van der Waals surface area contributed by atoms with E-state index in [0.717, 1.165) is 12.1 Å². The van der Waals surface area contributed by atoms with Gasteiger partial charge in [-0.05, 0) is 42.5 Å². The van der Waals surface area contributed by atoms with E-state index < -0.39 is 27.5 Å². The molecule has 4 aromatic rings. The number of anilines is 1. The molecular weight excluding hydrogens is 509 g/mol. The third kappa shape index (κ3) is 5.59. The second kappa shape index (κ2) is 9.97. The normalized spacial score (nSPS) is 12.6. The Hall–Kier alpha value is -4.32. The summed E-state index contributed by atoms with van der Waals surface area (Å²) in [6.45, 7) is -0.147. The highest BCUT2D eigenvalue weighted by atomic mass is 32.2. The van der Waals surface area contributed by atoms with E-state index in [9.17, 15) is 26.4 Å². The second-order valence-corrected chi connectivity index (χ2v) is 10.2. The van der Waals surface area contributed by atoms with E-state index in [1.54, 1.807) is 30.3 Å². The minimum Gasteiger partial charge on any atom is -0.409 e. The van der Waals surface area contributed by atoms with Crippen molar-refractivity contribution in [2.75, 3.05) is 11.1 Å². The molecule has 0 aliphatic carbocycles. The lowest BCUT2D eigenvalue weighted by Crippen LogP contribution is -2.21. The zero-order valence-electron chi connectivity index (χ0n) is 19.1. The standard InChI is InChI=1S/C25H21F3N4O4S/c26-25(27,28)18-5-4-6-19(15-18)30-24(33)22-13-16-9-10-17(23(29)31-34)14-21(16)32(22)11-12-37(35,36)20-7-2-1-3-8-20/h1-10,13-15,34H,11-12H2,(H2,29,31)(H,30,33). The molecule has 37 heavy (non-hydrogen) atoms. The van der Waals surface area contributed by atoms with Gasteiger partial charge >= 0.3 is 6.18 Å². The van der Waals surface area contributed by atoms with Crippen LogP contribution in [0.2, 0.25) is 0 Å². The molecule has 4 rings (SSSR count). The monoisotopic (exact) mass is 530 g/mol. The van der Waals surface area contributed by atoms with Crippen LogP contribution in [-0.2, 0) is 22.6 Å². The van der Waals surface area contributed by atoms with E-state index in [4.69, 9.17) is 10.9 Å². The van der Waals surface area contributed by atoms with Crippen LogP contribution in [0.3, 0.4) is 0 Å². The average Bonchev–Trinajstić information content (AvgIpc) is 3.25. The maximum absolute atomic E-state index is 13.2. The first-order valence-electron chi connectivity index (χ1n) is 10.9. The molecule has 0 fully saturated rings. The fourth-order valence-electron chi connectivity index (χ4n) is 3.83. The molecule has 1 aromatic heterocycles. The predicted octanol–water partition coefficient (Wildman–Crippen LogP) is 4.48. The molecule has 1 heterocycles. The number of alkyl halides is 3. The van der Waals surface area contributed by atoms with Crippen LogP contribution in [0.15, 0.2) is 88.9 Å². The highest BCUT2D eigenvalue weighted by Gasteiger charge is 2.30. The van der Waals surface area contributed by atoms with E-state index in [1.807, 2.05) is 0 Å². The predicted molar refractivity (Wildman–Crippen MR) is 132 cm³/mol. The van der Waals surface area contributed by atoms with Crippen LogP contribution in [0.4, 0.5) is 18.9 Å². The molecule has 0 radical (unpaired) electrons. The fourth-order valence-corrected chi connectivity index (χ4v) is 5.06. The van der Waals surface area contributed by atoms with Crippen molar-refractivity contribution < 1.29 is 31.6 Å². The third-order valence-corrected chi connectivity index (χ3v) is 7.38. The van der Waals surface area contributed by atoms with E-state index in [0.29, 0.717) is 16.5 Å². The van der Waals surface area contributed by atoms with Crippen molar-refractivity contribution >= 4 is 38.2 Å². The smallest absolute Gasteiger partial charge is 0.409 e. The maximum atomic E-state index is 13.2. The Morgan fingerprint density at radius 3 is 2.41 bits per heavy atom. The number of rotatable bonds is 7. The van der Waals surface area contributed by atoms with Crippen molar-refractivity contribution in [1.82, 2.24) is 4.57 Å². The van der Waals surface area contributed by atoms with E-state index in [2.05, 4.69) is 10.5 Å². The summed E-state index contributed by atoms with van der Waals surface area (Å²) in [5.74, 6) is -1.29. The van der Waals surface area contributed by atoms with Crippen LogP contribution < -0.4 is 11.1 Å². The summed E-state index contributed by atoms with van der Waals surface area (Å²) in [5, 5.41) is 15.0. The van der Waals surface area contributed by atoms with Crippen LogP contribution in [-0.4, -0.2) is 35.7 Å². The summed E-state index contributed by atoms with van der Waals surface area (Å²) in [4.78, 5) is 13.3. The van der Waals surface area contributed by atoms with Gasteiger partial charge in [-0.3, -0.25) is 4.79 Å². The minimum atomic E-state index is -4.59. The molecule has 8 nitrogen and oxygen atoms in total. The molecule has 1 amide bonds. The Kier molecular flexibility index (Phi) is 6.94. The number of hydrogen-bond acceptors (Lipinski definition) is 5. The molecule has 192 valence electrons.